The SMILES string of the molecule is NC=C(C=NCC1CCNCC1)c1cc(-c2ccccc2O)nnc1N. The molecule has 6 N–H and O–H groups in total. The summed E-state index contributed by atoms with van der Waals surface area (Å²) in [6.45, 7) is 2.86. The number of para-hydroxylation sites is 1. The molecule has 0 amide bonds. The minimum Gasteiger partial charge on any atom is -0.507 e. The molecule has 0 aliphatic carbocycles. The summed E-state index contributed by atoms with van der Waals surface area (Å²) in [5, 5.41) is 21.5. The predicted octanol–water partition coefficient (Wildman–Crippen LogP) is 1.80. The molecule has 7 heteroatoms. The van der Waals surface area contributed by atoms with Gasteiger partial charge in [-0.2, -0.15) is 0 Å². The van der Waals surface area contributed by atoms with Gasteiger partial charge in [0.2, 0.25) is 0 Å². The van der Waals surface area contributed by atoms with Crippen molar-refractivity contribution < 1.29 is 5.11 Å². The summed E-state index contributed by atoms with van der Waals surface area (Å²) in [5.41, 5.74) is 14.2. The lowest BCUT2D eigenvalue weighted by molar-refractivity contribution is 0.383. The minimum absolute atomic E-state index is 0.135. The molecule has 2 heterocycles. The average molecular weight is 352 g/mol. The highest BCUT2D eigenvalue weighted by Crippen LogP contribution is 2.29. The Morgan fingerprint density at radius 1 is 1.27 bits per heavy atom. The first-order valence-corrected chi connectivity index (χ1v) is 8.73. The maximum Gasteiger partial charge on any atom is 0.154 e. The summed E-state index contributed by atoms with van der Waals surface area (Å²) in [6, 6.07) is 8.73. The fourth-order valence-corrected chi connectivity index (χ4v) is 3.02. The summed E-state index contributed by atoms with van der Waals surface area (Å²) in [5.74, 6) is 1.00. The highest BCUT2D eigenvalue weighted by Gasteiger charge is 2.13. The lowest BCUT2D eigenvalue weighted by Crippen LogP contribution is -2.28. The number of aliphatic imine (C=N–C) groups is 1. The molecular weight excluding hydrogens is 328 g/mol. The fourth-order valence-electron chi connectivity index (χ4n) is 3.02. The first-order valence-electron chi connectivity index (χ1n) is 8.73. The third-order valence-corrected chi connectivity index (χ3v) is 4.55. The Labute approximate surface area is 152 Å². The van der Waals surface area contributed by atoms with Crippen molar-refractivity contribution in [1.29, 1.82) is 0 Å². The number of rotatable bonds is 5. The van der Waals surface area contributed by atoms with Gasteiger partial charge in [0.15, 0.2) is 5.82 Å². The number of aromatic nitrogens is 2. The van der Waals surface area contributed by atoms with Gasteiger partial charge in [-0.05, 0) is 50.0 Å². The second-order valence-electron chi connectivity index (χ2n) is 6.36. The molecule has 136 valence electrons. The van der Waals surface area contributed by atoms with Crippen molar-refractivity contribution in [3.05, 3.63) is 42.1 Å². The zero-order valence-electron chi connectivity index (χ0n) is 14.6. The molecule has 2 aromatic rings. The van der Waals surface area contributed by atoms with E-state index in [4.69, 9.17) is 11.5 Å². The molecule has 26 heavy (non-hydrogen) atoms. The van der Waals surface area contributed by atoms with Crippen molar-refractivity contribution in [3.63, 3.8) is 0 Å². The number of allylic oxidation sites excluding steroid dienone is 1. The van der Waals surface area contributed by atoms with Gasteiger partial charge >= 0.3 is 0 Å². The Kier molecular flexibility index (Phi) is 5.80. The van der Waals surface area contributed by atoms with Gasteiger partial charge in [-0.1, -0.05) is 12.1 Å². The van der Waals surface area contributed by atoms with Crippen LogP contribution in [0.25, 0.3) is 16.8 Å². The van der Waals surface area contributed by atoms with Crippen LogP contribution < -0.4 is 16.8 Å². The number of benzene rings is 1. The lowest BCUT2D eigenvalue weighted by atomic mass is 9.98. The Morgan fingerprint density at radius 2 is 2.04 bits per heavy atom. The highest BCUT2D eigenvalue weighted by molar-refractivity contribution is 6.11. The van der Waals surface area contributed by atoms with Gasteiger partial charge in [0.05, 0.1) is 5.69 Å². The number of nitrogens with zero attached hydrogens (tertiary/aromatic N) is 3. The Morgan fingerprint density at radius 3 is 2.77 bits per heavy atom. The van der Waals surface area contributed by atoms with E-state index in [1.54, 1.807) is 30.5 Å². The highest BCUT2D eigenvalue weighted by atomic mass is 16.3. The van der Waals surface area contributed by atoms with Crippen molar-refractivity contribution in [3.8, 4) is 17.0 Å². The largest absolute Gasteiger partial charge is 0.507 e. The van der Waals surface area contributed by atoms with Crippen molar-refractivity contribution in [2.45, 2.75) is 12.8 Å². The third-order valence-electron chi connectivity index (χ3n) is 4.55. The molecule has 1 saturated heterocycles. The van der Waals surface area contributed by atoms with Crippen molar-refractivity contribution >= 4 is 17.6 Å². The summed E-state index contributed by atoms with van der Waals surface area (Å²) < 4.78 is 0. The molecule has 3 rings (SSSR count). The molecule has 1 aliphatic rings. The smallest absolute Gasteiger partial charge is 0.154 e. The van der Waals surface area contributed by atoms with E-state index in [0.717, 1.165) is 32.5 Å². The van der Waals surface area contributed by atoms with Gasteiger partial charge in [0.1, 0.15) is 5.75 Å². The van der Waals surface area contributed by atoms with Crippen LogP contribution in [0.15, 0.2) is 41.5 Å². The summed E-state index contributed by atoms with van der Waals surface area (Å²) in [6.07, 6.45) is 5.47. The number of piperidine rings is 1. The van der Waals surface area contributed by atoms with E-state index in [2.05, 4.69) is 20.5 Å². The monoisotopic (exact) mass is 352 g/mol. The van der Waals surface area contributed by atoms with E-state index in [-0.39, 0.29) is 11.6 Å². The number of nitrogens with two attached hydrogens (primary N) is 2. The zero-order chi connectivity index (χ0) is 18.4. The number of phenols is 1. The first-order chi connectivity index (χ1) is 12.7. The van der Waals surface area contributed by atoms with Gasteiger partial charge in [-0.15, -0.1) is 10.2 Å². The van der Waals surface area contributed by atoms with Crippen LogP contribution in [-0.4, -0.2) is 41.2 Å². The number of nitrogen functional groups attached to an aromatic ring is 1. The van der Waals surface area contributed by atoms with Crippen LogP contribution in [0.4, 0.5) is 5.82 Å². The van der Waals surface area contributed by atoms with Gasteiger partial charge < -0.3 is 21.9 Å². The number of hydrogen-bond acceptors (Lipinski definition) is 7. The van der Waals surface area contributed by atoms with Crippen molar-refractivity contribution in [2.24, 2.45) is 16.6 Å². The minimum atomic E-state index is 0.135. The lowest BCUT2D eigenvalue weighted by Gasteiger charge is -2.20. The number of phenolic OH excluding ortho intramolecular Hbond substituents is 1. The second kappa shape index (κ2) is 8.44. The van der Waals surface area contributed by atoms with Gasteiger partial charge in [-0.25, -0.2) is 0 Å². The summed E-state index contributed by atoms with van der Waals surface area (Å²) in [7, 11) is 0. The molecule has 1 aromatic carbocycles. The van der Waals surface area contributed by atoms with Crippen LogP contribution in [0.3, 0.4) is 0 Å². The third kappa shape index (κ3) is 4.18. The molecule has 0 spiro atoms. The van der Waals surface area contributed by atoms with Crippen LogP contribution in [0, 0.1) is 5.92 Å². The average Bonchev–Trinajstić information content (AvgIpc) is 2.67. The molecule has 1 aliphatic heterocycles. The number of hydrogen-bond donors (Lipinski definition) is 4. The molecule has 0 unspecified atom stereocenters. The number of anilines is 1. The fraction of sp³-hybridized carbons (Fsp3) is 0.316. The van der Waals surface area contributed by atoms with Crippen LogP contribution in [0.2, 0.25) is 0 Å². The Hall–Kier alpha value is -2.93. The molecule has 0 saturated carbocycles. The van der Waals surface area contributed by atoms with Crippen LogP contribution in [-0.2, 0) is 0 Å². The van der Waals surface area contributed by atoms with E-state index in [1.165, 1.54) is 6.20 Å². The molecule has 1 aromatic heterocycles. The second-order valence-corrected chi connectivity index (χ2v) is 6.36. The van der Waals surface area contributed by atoms with Gasteiger partial charge in [0.25, 0.3) is 0 Å². The van der Waals surface area contributed by atoms with E-state index >= 15 is 0 Å². The van der Waals surface area contributed by atoms with Crippen molar-refractivity contribution in [2.75, 3.05) is 25.4 Å². The number of aromatic hydroxyl groups is 1. The predicted molar refractivity (Wildman–Crippen MR) is 105 cm³/mol. The Bertz CT molecular complexity index is 811. The molecular formula is C19H24N6O. The maximum absolute atomic E-state index is 10.0. The standard InChI is InChI=1S/C19H24N6O/c20-10-14(12-23-11-13-5-7-22-8-6-13)16-9-17(24-25-19(16)21)15-3-1-2-4-18(15)26/h1-4,9-10,12-13,22,26H,5-8,11,20H2,(H2,21,25). The maximum atomic E-state index is 10.0. The molecule has 0 bridgehead atoms. The molecule has 0 atom stereocenters. The summed E-state index contributed by atoms with van der Waals surface area (Å²) in [4.78, 5) is 4.55. The van der Waals surface area contributed by atoms with Crippen LogP contribution in [0.1, 0.15) is 18.4 Å². The van der Waals surface area contributed by atoms with E-state index in [1.807, 2.05) is 6.07 Å². The Balaban J connectivity index is 1.82. The number of nitrogens with one attached hydrogen (secondary N) is 1. The normalized spacial score (nSPS) is 16.2. The van der Waals surface area contributed by atoms with Crippen LogP contribution in [0.5, 0.6) is 5.75 Å². The summed E-state index contributed by atoms with van der Waals surface area (Å²) >= 11 is 0. The van der Waals surface area contributed by atoms with E-state index in [0.29, 0.717) is 28.3 Å². The van der Waals surface area contributed by atoms with E-state index < -0.39 is 0 Å². The van der Waals surface area contributed by atoms with E-state index in [9.17, 15) is 5.11 Å². The topological polar surface area (TPSA) is 122 Å². The van der Waals surface area contributed by atoms with Gasteiger partial charge in [-0.3, -0.25) is 4.99 Å². The molecule has 1 fully saturated rings. The van der Waals surface area contributed by atoms with Gasteiger partial charge in [0, 0.05) is 35.7 Å². The zero-order valence-corrected chi connectivity index (χ0v) is 14.6. The first kappa shape index (κ1) is 17.9. The molecule has 7 nitrogen and oxygen atoms in total. The quantitative estimate of drug-likeness (QED) is 0.609. The van der Waals surface area contributed by atoms with Crippen molar-refractivity contribution in [1.82, 2.24) is 15.5 Å². The molecule has 0 radical (unpaired) electrons. The van der Waals surface area contributed by atoms with Crippen LogP contribution >= 0.6 is 0 Å².